The largest absolute Gasteiger partial charge is 0.370 e. The zero-order chi connectivity index (χ0) is 16.8. The van der Waals surface area contributed by atoms with Crippen LogP contribution in [-0.2, 0) is 6.54 Å². The maximum Gasteiger partial charge on any atom is 0.252 e. The molecular weight excluding hydrogens is 435 g/mol. The van der Waals surface area contributed by atoms with Gasteiger partial charge in [0.1, 0.15) is 12.4 Å². The van der Waals surface area contributed by atoms with Crippen LogP contribution in [0.1, 0.15) is 5.82 Å². The minimum absolute atomic E-state index is 0. The molecule has 0 atom stereocenters. The predicted molar refractivity (Wildman–Crippen MR) is 102 cm³/mol. The summed E-state index contributed by atoms with van der Waals surface area (Å²) in [6.07, 6.45) is 5.00. The van der Waals surface area contributed by atoms with Crippen LogP contribution in [0.5, 0.6) is 0 Å². The Morgan fingerprint density at radius 3 is 2.56 bits per heavy atom. The van der Waals surface area contributed by atoms with Crippen molar-refractivity contribution in [2.75, 3.05) is 37.6 Å². The number of piperazine rings is 1. The fourth-order valence-corrected chi connectivity index (χ4v) is 2.41. The van der Waals surface area contributed by atoms with Crippen molar-refractivity contribution in [2.24, 2.45) is 10.7 Å². The first-order chi connectivity index (χ1) is 11.8. The zero-order valence-corrected chi connectivity index (χ0v) is 15.9. The van der Waals surface area contributed by atoms with Crippen LogP contribution in [0.15, 0.2) is 29.8 Å². The molecule has 0 radical (unpaired) electrons. The lowest BCUT2D eigenvalue weighted by Crippen LogP contribution is -2.51. The summed E-state index contributed by atoms with van der Waals surface area (Å²) in [4.78, 5) is 20.9. The normalized spacial score (nSPS) is 14.8. The van der Waals surface area contributed by atoms with Gasteiger partial charge in [0.05, 0.1) is 13.1 Å². The maximum atomic E-state index is 8.68. The molecule has 2 N–H and O–H groups in total. The van der Waals surface area contributed by atoms with Gasteiger partial charge in [-0.3, -0.25) is 4.99 Å². The molecule has 0 saturated carbocycles. The Kier molecular flexibility index (Phi) is 6.87. The molecule has 1 saturated heterocycles. The Morgan fingerprint density at radius 1 is 1.20 bits per heavy atom. The van der Waals surface area contributed by atoms with Crippen LogP contribution < -0.4 is 10.6 Å². The van der Waals surface area contributed by atoms with Crippen LogP contribution in [0.2, 0.25) is 0 Å². The molecule has 2 aromatic heterocycles. The number of aromatic nitrogens is 5. The van der Waals surface area contributed by atoms with E-state index in [-0.39, 0.29) is 29.8 Å². The third-order valence-corrected chi connectivity index (χ3v) is 3.68. The Hall–Kier alpha value is -2.49. The van der Waals surface area contributed by atoms with E-state index >= 15 is 0 Å². The minimum Gasteiger partial charge on any atom is -0.370 e. The van der Waals surface area contributed by atoms with E-state index in [0.29, 0.717) is 19.0 Å². The quantitative estimate of drug-likeness (QED) is 0.379. The second-order valence-electron chi connectivity index (χ2n) is 5.21. The summed E-state index contributed by atoms with van der Waals surface area (Å²) < 4.78 is 1.58. The molecule has 11 heteroatoms. The molecule has 1 fully saturated rings. The van der Waals surface area contributed by atoms with Crippen LogP contribution in [0.3, 0.4) is 0 Å². The first-order valence-corrected chi connectivity index (χ1v) is 7.62. The first-order valence-electron chi connectivity index (χ1n) is 7.62. The van der Waals surface area contributed by atoms with Gasteiger partial charge in [-0.25, -0.2) is 19.6 Å². The smallest absolute Gasteiger partial charge is 0.252 e. The molecule has 3 rings (SSSR count). The predicted octanol–water partition coefficient (Wildman–Crippen LogP) is -0.305. The number of rotatable bonds is 4. The molecule has 1 aliphatic rings. The van der Waals surface area contributed by atoms with Gasteiger partial charge < -0.3 is 15.5 Å². The highest BCUT2D eigenvalue weighted by Crippen LogP contribution is 2.09. The Balaban J connectivity index is 0.00000225. The van der Waals surface area contributed by atoms with Gasteiger partial charge in [-0.15, -0.1) is 29.1 Å². The summed E-state index contributed by atoms with van der Waals surface area (Å²) >= 11 is 0. The standard InChI is InChI=1S/C14H18N10.HI/c15-10-12-20-11-24(21-12)5-4-17-13(16)22-6-8-23(9-7-22)14-18-2-1-3-19-14;/h1-3,11H,4-9H2,(H2,16,17);1H. The van der Waals surface area contributed by atoms with Gasteiger partial charge in [-0.1, -0.05) is 0 Å². The number of halogens is 1. The summed E-state index contributed by atoms with van der Waals surface area (Å²) in [6, 6.07) is 3.69. The van der Waals surface area contributed by atoms with Crippen LogP contribution in [-0.4, -0.2) is 68.3 Å². The molecule has 0 aliphatic carbocycles. The average molecular weight is 454 g/mol. The molecule has 1 aliphatic heterocycles. The van der Waals surface area contributed by atoms with E-state index < -0.39 is 0 Å². The summed E-state index contributed by atoms with van der Waals surface area (Å²) in [5, 5.41) is 12.7. The third kappa shape index (κ3) is 4.99. The Morgan fingerprint density at radius 2 is 1.92 bits per heavy atom. The number of aliphatic imine (C=N–C) groups is 1. The fraction of sp³-hybridized carbons (Fsp3) is 0.429. The number of nitriles is 1. The highest BCUT2D eigenvalue weighted by Gasteiger charge is 2.19. The maximum absolute atomic E-state index is 8.68. The summed E-state index contributed by atoms with van der Waals surface area (Å²) in [7, 11) is 0. The monoisotopic (exact) mass is 454 g/mol. The van der Waals surface area contributed by atoms with E-state index in [0.717, 1.165) is 32.1 Å². The van der Waals surface area contributed by atoms with E-state index in [1.54, 1.807) is 23.1 Å². The Labute approximate surface area is 162 Å². The molecule has 0 spiro atoms. The fourth-order valence-electron chi connectivity index (χ4n) is 2.41. The SMILES string of the molecule is I.N#Cc1ncn(CCN=C(N)N2CCN(c3ncccn3)CC2)n1. The highest BCUT2D eigenvalue weighted by molar-refractivity contribution is 14.0. The van der Waals surface area contributed by atoms with Crippen LogP contribution in [0.25, 0.3) is 0 Å². The molecule has 132 valence electrons. The van der Waals surface area contributed by atoms with Gasteiger partial charge in [0.15, 0.2) is 5.96 Å². The van der Waals surface area contributed by atoms with Crippen molar-refractivity contribution in [3.8, 4) is 6.07 Å². The number of nitrogens with two attached hydrogens (primary N) is 1. The van der Waals surface area contributed by atoms with E-state index in [9.17, 15) is 0 Å². The number of guanidine groups is 1. The van der Waals surface area contributed by atoms with E-state index in [2.05, 4.69) is 29.9 Å². The van der Waals surface area contributed by atoms with Gasteiger partial charge in [-0.05, 0) is 6.07 Å². The molecule has 0 unspecified atom stereocenters. The number of hydrogen-bond donors (Lipinski definition) is 1. The number of nitrogens with zero attached hydrogens (tertiary/aromatic N) is 9. The van der Waals surface area contributed by atoms with Crippen molar-refractivity contribution in [1.29, 1.82) is 5.26 Å². The van der Waals surface area contributed by atoms with Gasteiger partial charge in [0.25, 0.3) is 5.82 Å². The first kappa shape index (κ1) is 18.8. The summed E-state index contributed by atoms with van der Waals surface area (Å²) in [5.41, 5.74) is 6.06. The topological polar surface area (TPSA) is 125 Å². The van der Waals surface area contributed by atoms with E-state index in [1.165, 1.54) is 6.33 Å². The molecule has 3 heterocycles. The highest BCUT2D eigenvalue weighted by atomic mass is 127. The van der Waals surface area contributed by atoms with Crippen molar-refractivity contribution in [2.45, 2.75) is 6.54 Å². The summed E-state index contributed by atoms with van der Waals surface area (Å²) in [6.45, 7) is 4.17. The molecule has 25 heavy (non-hydrogen) atoms. The molecule has 0 amide bonds. The molecular formula is C14H19IN10. The molecule has 0 aromatic carbocycles. The average Bonchev–Trinajstić information content (AvgIpc) is 3.10. The third-order valence-electron chi connectivity index (χ3n) is 3.68. The van der Waals surface area contributed by atoms with Gasteiger partial charge in [0.2, 0.25) is 5.95 Å². The van der Waals surface area contributed by atoms with E-state index in [1.807, 2.05) is 11.0 Å². The lowest BCUT2D eigenvalue weighted by Gasteiger charge is -2.35. The second-order valence-corrected chi connectivity index (χ2v) is 5.21. The van der Waals surface area contributed by atoms with Gasteiger partial charge >= 0.3 is 0 Å². The lowest BCUT2D eigenvalue weighted by molar-refractivity contribution is 0.377. The van der Waals surface area contributed by atoms with Gasteiger partial charge in [-0.2, -0.15) is 5.26 Å². The van der Waals surface area contributed by atoms with E-state index in [4.69, 9.17) is 11.0 Å². The zero-order valence-electron chi connectivity index (χ0n) is 13.6. The minimum atomic E-state index is 0. The van der Waals surface area contributed by atoms with Gasteiger partial charge in [0, 0.05) is 38.6 Å². The van der Waals surface area contributed by atoms with Crippen molar-refractivity contribution in [3.05, 3.63) is 30.6 Å². The molecule has 2 aromatic rings. The lowest BCUT2D eigenvalue weighted by atomic mass is 10.3. The van der Waals surface area contributed by atoms with Crippen molar-refractivity contribution < 1.29 is 0 Å². The molecule has 10 nitrogen and oxygen atoms in total. The van der Waals surface area contributed by atoms with Crippen molar-refractivity contribution in [1.82, 2.24) is 29.6 Å². The van der Waals surface area contributed by atoms with Crippen molar-refractivity contribution >= 4 is 35.9 Å². The number of anilines is 1. The van der Waals surface area contributed by atoms with Crippen LogP contribution in [0.4, 0.5) is 5.95 Å². The number of hydrogen-bond acceptors (Lipinski definition) is 7. The van der Waals surface area contributed by atoms with Crippen LogP contribution in [0, 0.1) is 11.3 Å². The summed E-state index contributed by atoms with van der Waals surface area (Å²) in [5.74, 6) is 1.42. The van der Waals surface area contributed by atoms with Crippen LogP contribution >= 0.6 is 24.0 Å². The molecule has 0 bridgehead atoms. The Bertz CT molecular complexity index is 730. The van der Waals surface area contributed by atoms with Crippen molar-refractivity contribution in [3.63, 3.8) is 0 Å². The second kappa shape index (κ2) is 9.11.